The van der Waals surface area contributed by atoms with Gasteiger partial charge in [-0.2, -0.15) is 0 Å². The number of sulfone groups is 1. The summed E-state index contributed by atoms with van der Waals surface area (Å²) in [6.07, 6.45) is 1.08. The third-order valence-corrected chi connectivity index (χ3v) is 4.91. The minimum Gasteiger partial charge on any atom is -0.325 e. The standard InChI is InChI=1S/C15H13F2NO3S2/c1-23(20,21)12-4-2-3-10(7-12)18-15(19)9-22-11-5-6-13(16)14(17)8-11/h2-8H,9H2,1H3,(H,18,19). The average molecular weight is 357 g/mol. The lowest BCUT2D eigenvalue weighted by Crippen LogP contribution is -2.14. The zero-order valence-corrected chi connectivity index (χ0v) is 13.7. The molecule has 23 heavy (non-hydrogen) atoms. The molecular weight excluding hydrogens is 344 g/mol. The van der Waals surface area contributed by atoms with E-state index < -0.39 is 21.5 Å². The van der Waals surface area contributed by atoms with Crippen molar-refractivity contribution in [3.05, 3.63) is 54.1 Å². The van der Waals surface area contributed by atoms with E-state index >= 15 is 0 Å². The van der Waals surface area contributed by atoms with Gasteiger partial charge in [0.1, 0.15) is 0 Å². The van der Waals surface area contributed by atoms with E-state index in [9.17, 15) is 22.0 Å². The summed E-state index contributed by atoms with van der Waals surface area (Å²) in [5, 5.41) is 2.56. The van der Waals surface area contributed by atoms with Crippen LogP contribution in [0.15, 0.2) is 52.3 Å². The lowest BCUT2D eigenvalue weighted by Gasteiger charge is -2.07. The van der Waals surface area contributed by atoms with E-state index in [1.807, 2.05) is 0 Å². The number of anilines is 1. The summed E-state index contributed by atoms with van der Waals surface area (Å²) >= 11 is 1.04. The highest BCUT2D eigenvalue weighted by Gasteiger charge is 2.10. The van der Waals surface area contributed by atoms with Gasteiger partial charge in [0, 0.05) is 16.8 Å². The Balaban J connectivity index is 1.98. The van der Waals surface area contributed by atoms with Crippen molar-refractivity contribution in [2.24, 2.45) is 0 Å². The molecule has 0 aromatic heterocycles. The van der Waals surface area contributed by atoms with Crippen molar-refractivity contribution >= 4 is 33.2 Å². The van der Waals surface area contributed by atoms with Crippen LogP contribution in [0, 0.1) is 11.6 Å². The quantitative estimate of drug-likeness (QED) is 0.835. The van der Waals surface area contributed by atoms with Crippen LogP contribution in [-0.4, -0.2) is 26.3 Å². The molecule has 0 aliphatic rings. The molecule has 0 spiro atoms. The molecule has 122 valence electrons. The highest BCUT2D eigenvalue weighted by atomic mass is 32.2. The second-order valence-electron chi connectivity index (χ2n) is 4.71. The molecular formula is C15H13F2NO3S2. The Morgan fingerprint density at radius 2 is 1.87 bits per heavy atom. The Kier molecular flexibility index (Phi) is 5.38. The number of benzene rings is 2. The number of thioether (sulfide) groups is 1. The largest absolute Gasteiger partial charge is 0.325 e. The monoisotopic (exact) mass is 357 g/mol. The summed E-state index contributed by atoms with van der Waals surface area (Å²) < 4.78 is 48.8. The van der Waals surface area contributed by atoms with Crippen LogP contribution in [0.25, 0.3) is 0 Å². The maximum absolute atomic E-state index is 13.1. The maximum Gasteiger partial charge on any atom is 0.234 e. The first-order valence-corrected chi connectivity index (χ1v) is 9.31. The number of amides is 1. The third kappa shape index (κ3) is 5.04. The summed E-state index contributed by atoms with van der Waals surface area (Å²) in [5.41, 5.74) is 0.351. The molecule has 8 heteroatoms. The van der Waals surface area contributed by atoms with Crippen LogP contribution in [0.5, 0.6) is 0 Å². The molecule has 0 bridgehead atoms. The zero-order valence-electron chi connectivity index (χ0n) is 12.0. The summed E-state index contributed by atoms with van der Waals surface area (Å²) in [7, 11) is -3.36. The van der Waals surface area contributed by atoms with Crippen LogP contribution in [-0.2, 0) is 14.6 Å². The van der Waals surface area contributed by atoms with Gasteiger partial charge in [-0.3, -0.25) is 4.79 Å². The van der Waals surface area contributed by atoms with Crippen LogP contribution >= 0.6 is 11.8 Å². The Morgan fingerprint density at radius 3 is 2.52 bits per heavy atom. The van der Waals surface area contributed by atoms with Crippen molar-refractivity contribution in [1.29, 1.82) is 0 Å². The van der Waals surface area contributed by atoms with E-state index in [1.165, 1.54) is 24.3 Å². The lowest BCUT2D eigenvalue weighted by molar-refractivity contribution is -0.113. The SMILES string of the molecule is CS(=O)(=O)c1cccc(NC(=O)CSc2ccc(F)c(F)c2)c1. The first kappa shape index (κ1) is 17.4. The molecule has 0 heterocycles. The molecule has 2 rings (SSSR count). The van der Waals surface area contributed by atoms with E-state index in [4.69, 9.17) is 0 Å². The van der Waals surface area contributed by atoms with E-state index in [1.54, 1.807) is 6.07 Å². The molecule has 2 aromatic rings. The average Bonchev–Trinajstić information content (AvgIpc) is 2.48. The van der Waals surface area contributed by atoms with Crippen LogP contribution in [0.3, 0.4) is 0 Å². The van der Waals surface area contributed by atoms with Crippen LogP contribution in [0.1, 0.15) is 0 Å². The predicted molar refractivity (Wildman–Crippen MR) is 85.3 cm³/mol. The molecule has 0 unspecified atom stereocenters. The van der Waals surface area contributed by atoms with Gasteiger partial charge in [-0.05, 0) is 36.4 Å². The number of hydrogen-bond donors (Lipinski definition) is 1. The summed E-state index contributed by atoms with van der Waals surface area (Å²) in [4.78, 5) is 12.4. The van der Waals surface area contributed by atoms with Crippen LogP contribution in [0.2, 0.25) is 0 Å². The molecule has 0 radical (unpaired) electrons. The Hall–Kier alpha value is -1.93. The molecule has 2 aromatic carbocycles. The van der Waals surface area contributed by atoms with Gasteiger partial charge in [-0.25, -0.2) is 17.2 Å². The van der Waals surface area contributed by atoms with Crippen molar-refractivity contribution in [3.63, 3.8) is 0 Å². The van der Waals surface area contributed by atoms with Crippen LogP contribution in [0.4, 0.5) is 14.5 Å². The van der Waals surface area contributed by atoms with Crippen molar-refractivity contribution in [2.45, 2.75) is 9.79 Å². The normalized spacial score (nSPS) is 11.3. The number of rotatable bonds is 5. The third-order valence-electron chi connectivity index (χ3n) is 2.81. The van der Waals surface area contributed by atoms with Gasteiger partial charge in [0.25, 0.3) is 0 Å². The zero-order chi connectivity index (χ0) is 17.0. The van der Waals surface area contributed by atoms with Crippen LogP contribution < -0.4 is 5.32 Å². The smallest absolute Gasteiger partial charge is 0.234 e. The molecule has 1 amide bonds. The fourth-order valence-corrected chi connectivity index (χ4v) is 3.10. The minimum absolute atomic E-state index is 0.0197. The van der Waals surface area contributed by atoms with E-state index in [-0.39, 0.29) is 16.6 Å². The van der Waals surface area contributed by atoms with Gasteiger partial charge in [0.2, 0.25) is 5.91 Å². The Labute approximate surface area is 136 Å². The topological polar surface area (TPSA) is 63.2 Å². The van der Waals surface area contributed by atoms with Crippen molar-refractivity contribution in [3.8, 4) is 0 Å². The number of hydrogen-bond acceptors (Lipinski definition) is 4. The van der Waals surface area contributed by atoms with Crippen molar-refractivity contribution in [1.82, 2.24) is 0 Å². The molecule has 0 saturated heterocycles. The van der Waals surface area contributed by atoms with Gasteiger partial charge in [0.15, 0.2) is 21.5 Å². The highest BCUT2D eigenvalue weighted by Crippen LogP contribution is 2.21. The van der Waals surface area contributed by atoms with E-state index in [2.05, 4.69) is 5.32 Å². The predicted octanol–water partition coefficient (Wildman–Crippen LogP) is 3.10. The highest BCUT2D eigenvalue weighted by molar-refractivity contribution is 8.00. The second-order valence-corrected chi connectivity index (χ2v) is 7.78. The van der Waals surface area contributed by atoms with Gasteiger partial charge in [-0.1, -0.05) is 6.07 Å². The van der Waals surface area contributed by atoms with Crippen molar-refractivity contribution in [2.75, 3.05) is 17.3 Å². The number of nitrogens with one attached hydrogen (secondary N) is 1. The van der Waals surface area contributed by atoms with E-state index in [0.29, 0.717) is 10.6 Å². The Bertz CT molecular complexity index is 838. The summed E-state index contributed by atoms with van der Waals surface area (Å²) in [6, 6.07) is 9.25. The molecule has 0 aliphatic heterocycles. The number of carbonyl (C=O) groups excluding carboxylic acids is 1. The molecule has 0 aliphatic carbocycles. The first-order valence-electron chi connectivity index (χ1n) is 6.43. The summed E-state index contributed by atoms with van der Waals surface area (Å²) in [5.74, 6) is -2.33. The first-order chi connectivity index (χ1) is 10.8. The number of carbonyl (C=O) groups is 1. The summed E-state index contributed by atoms with van der Waals surface area (Å²) in [6.45, 7) is 0. The maximum atomic E-state index is 13.1. The fourth-order valence-electron chi connectivity index (χ4n) is 1.72. The van der Waals surface area contributed by atoms with E-state index in [0.717, 1.165) is 30.2 Å². The van der Waals surface area contributed by atoms with Gasteiger partial charge >= 0.3 is 0 Å². The fraction of sp³-hybridized carbons (Fsp3) is 0.133. The molecule has 4 nitrogen and oxygen atoms in total. The molecule has 0 saturated carbocycles. The molecule has 0 atom stereocenters. The van der Waals surface area contributed by atoms with Gasteiger partial charge < -0.3 is 5.32 Å². The Morgan fingerprint density at radius 1 is 1.13 bits per heavy atom. The van der Waals surface area contributed by atoms with Gasteiger partial charge in [-0.15, -0.1) is 11.8 Å². The molecule has 0 fully saturated rings. The molecule has 1 N–H and O–H groups in total. The second kappa shape index (κ2) is 7.10. The lowest BCUT2D eigenvalue weighted by atomic mass is 10.3. The number of halogens is 2. The van der Waals surface area contributed by atoms with Gasteiger partial charge in [0.05, 0.1) is 10.6 Å². The minimum atomic E-state index is -3.36. The van der Waals surface area contributed by atoms with Crippen molar-refractivity contribution < 1.29 is 22.0 Å².